The summed E-state index contributed by atoms with van der Waals surface area (Å²) in [5.74, 6) is 1.33. The van der Waals surface area contributed by atoms with E-state index in [1.807, 2.05) is 13.8 Å². The molecule has 0 fully saturated rings. The van der Waals surface area contributed by atoms with E-state index in [2.05, 4.69) is 15.3 Å². The van der Waals surface area contributed by atoms with Crippen molar-refractivity contribution in [2.75, 3.05) is 12.4 Å². The minimum atomic E-state index is -0.397. The fraction of sp³-hybridized carbons (Fsp3) is 0.286. The molecule has 1 heterocycles. The molecule has 0 aliphatic carbocycles. The summed E-state index contributed by atoms with van der Waals surface area (Å²) in [6.45, 7) is 3.92. The van der Waals surface area contributed by atoms with Crippen LogP contribution in [0.2, 0.25) is 5.15 Å². The fourth-order valence-corrected chi connectivity index (χ4v) is 1.81. The van der Waals surface area contributed by atoms with Crippen molar-refractivity contribution in [3.8, 4) is 5.75 Å². The summed E-state index contributed by atoms with van der Waals surface area (Å²) in [7, 11) is 1.52. The topological polar surface area (TPSA) is 47.0 Å². The van der Waals surface area contributed by atoms with Crippen LogP contribution in [0.3, 0.4) is 0 Å². The lowest BCUT2D eigenvalue weighted by atomic mass is 10.2. The molecule has 2 aromatic rings. The first-order valence-electron chi connectivity index (χ1n) is 6.14. The molecule has 0 bridgehead atoms. The van der Waals surface area contributed by atoms with Crippen LogP contribution in [0.5, 0.6) is 5.75 Å². The highest BCUT2D eigenvalue weighted by molar-refractivity contribution is 6.29. The van der Waals surface area contributed by atoms with Crippen molar-refractivity contribution in [1.29, 1.82) is 0 Å². The molecule has 106 valence electrons. The molecule has 0 spiro atoms. The Morgan fingerprint density at radius 2 is 2.00 bits per heavy atom. The van der Waals surface area contributed by atoms with Crippen LogP contribution in [0.15, 0.2) is 24.3 Å². The van der Waals surface area contributed by atoms with Gasteiger partial charge in [0.15, 0.2) is 0 Å². The predicted molar refractivity (Wildman–Crippen MR) is 77.4 cm³/mol. The van der Waals surface area contributed by atoms with E-state index in [0.29, 0.717) is 22.5 Å². The minimum absolute atomic E-state index is 0.129. The summed E-state index contributed by atoms with van der Waals surface area (Å²) < 4.78 is 18.8. The van der Waals surface area contributed by atoms with Crippen molar-refractivity contribution < 1.29 is 9.13 Å². The zero-order chi connectivity index (χ0) is 14.7. The molecule has 0 atom stereocenters. The Labute approximate surface area is 122 Å². The van der Waals surface area contributed by atoms with Crippen LogP contribution < -0.4 is 10.1 Å². The minimum Gasteiger partial charge on any atom is -0.497 e. The van der Waals surface area contributed by atoms with Gasteiger partial charge in [0.1, 0.15) is 28.4 Å². The first-order chi connectivity index (χ1) is 9.49. The second-order valence-corrected chi connectivity index (χ2v) is 4.95. The maximum absolute atomic E-state index is 13.8. The molecule has 0 aliphatic heterocycles. The van der Waals surface area contributed by atoms with Crippen LogP contribution in [-0.4, -0.2) is 17.1 Å². The molecule has 1 N–H and O–H groups in total. The maximum atomic E-state index is 13.8. The van der Waals surface area contributed by atoms with E-state index >= 15 is 0 Å². The standard InChI is InChI=1S/C14H15ClFN3O/c1-8(2)14-18-12(15)7-13(19-14)17-11-6-9(20-3)4-5-10(11)16/h4-8H,1-3H3,(H,17,18,19). The molecule has 0 saturated carbocycles. The van der Waals surface area contributed by atoms with Crippen molar-refractivity contribution in [3.63, 3.8) is 0 Å². The summed E-state index contributed by atoms with van der Waals surface area (Å²) in [6, 6.07) is 5.98. The maximum Gasteiger partial charge on any atom is 0.146 e. The number of hydrogen-bond donors (Lipinski definition) is 1. The molecule has 1 aromatic heterocycles. The van der Waals surface area contributed by atoms with Gasteiger partial charge in [-0.25, -0.2) is 14.4 Å². The van der Waals surface area contributed by atoms with Crippen molar-refractivity contribution in [2.45, 2.75) is 19.8 Å². The Morgan fingerprint density at radius 3 is 2.65 bits per heavy atom. The third-order valence-electron chi connectivity index (χ3n) is 2.66. The number of hydrogen-bond acceptors (Lipinski definition) is 4. The molecule has 0 radical (unpaired) electrons. The van der Waals surface area contributed by atoms with Crippen LogP contribution in [0, 0.1) is 5.82 Å². The van der Waals surface area contributed by atoms with Gasteiger partial charge in [0.2, 0.25) is 0 Å². The van der Waals surface area contributed by atoms with Gasteiger partial charge in [0.05, 0.1) is 12.8 Å². The van der Waals surface area contributed by atoms with Gasteiger partial charge in [-0.05, 0) is 12.1 Å². The number of anilines is 2. The summed E-state index contributed by atoms with van der Waals surface area (Å²) >= 11 is 5.95. The fourth-order valence-electron chi connectivity index (χ4n) is 1.62. The van der Waals surface area contributed by atoms with Gasteiger partial charge >= 0.3 is 0 Å². The lowest BCUT2D eigenvalue weighted by Gasteiger charge is -2.11. The monoisotopic (exact) mass is 295 g/mol. The van der Waals surface area contributed by atoms with Crippen molar-refractivity contribution in [1.82, 2.24) is 9.97 Å². The van der Waals surface area contributed by atoms with E-state index in [9.17, 15) is 4.39 Å². The summed E-state index contributed by atoms with van der Waals surface area (Å²) in [5, 5.41) is 3.21. The number of nitrogens with zero attached hydrogens (tertiary/aromatic N) is 2. The first kappa shape index (κ1) is 14.5. The average molecular weight is 296 g/mol. The molecule has 2 rings (SSSR count). The van der Waals surface area contributed by atoms with Crippen molar-refractivity contribution >= 4 is 23.1 Å². The van der Waals surface area contributed by atoms with Crippen molar-refractivity contribution in [3.05, 3.63) is 41.1 Å². The van der Waals surface area contributed by atoms with E-state index in [1.165, 1.54) is 13.2 Å². The molecular formula is C14H15ClFN3O. The highest BCUT2D eigenvalue weighted by Crippen LogP contribution is 2.25. The highest BCUT2D eigenvalue weighted by Gasteiger charge is 2.10. The average Bonchev–Trinajstić information content (AvgIpc) is 2.40. The smallest absolute Gasteiger partial charge is 0.146 e. The largest absolute Gasteiger partial charge is 0.497 e. The third kappa shape index (κ3) is 3.36. The normalized spacial score (nSPS) is 10.7. The van der Waals surface area contributed by atoms with Gasteiger partial charge in [-0.15, -0.1) is 0 Å². The van der Waals surface area contributed by atoms with E-state index in [1.54, 1.807) is 18.2 Å². The number of halogens is 2. The molecule has 1 aromatic carbocycles. The van der Waals surface area contributed by atoms with E-state index in [4.69, 9.17) is 16.3 Å². The van der Waals surface area contributed by atoms with Gasteiger partial charge < -0.3 is 10.1 Å². The molecule has 0 unspecified atom stereocenters. The van der Waals surface area contributed by atoms with Crippen LogP contribution in [-0.2, 0) is 0 Å². The Kier molecular flexibility index (Phi) is 4.39. The predicted octanol–water partition coefficient (Wildman–Crippen LogP) is 4.14. The molecule has 4 nitrogen and oxygen atoms in total. The Morgan fingerprint density at radius 1 is 1.25 bits per heavy atom. The Balaban J connectivity index is 2.34. The number of nitrogens with one attached hydrogen (secondary N) is 1. The number of methoxy groups -OCH3 is 1. The summed E-state index contributed by atoms with van der Waals surface area (Å²) in [5.41, 5.74) is 0.272. The second kappa shape index (κ2) is 6.05. The number of ether oxygens (including phenoxy) is 1. The van der Waals surface area contributed by atoms with E-state index in [0.717, 1.165) is 0 Å². The van der Waals surface area contributed by atoms with Gasteiger partial charge in [0, 0.05) is 18.1 Å². The third-order valence-corrected chi connectivity index (χ3v) is 2.86. The molecule has 0 amide bonds. The van der Waals surface area contributed by atoms with Crippen LogP contribution in [0.25, 0.3) is 0 Å². The number of benzene rings is 1. The van der Waals surface area contributed by atoms with Gasteiger partial charge in [-0.3, -0.25) is 0 Å². The lowest BCUT2D eigenvalue weighted by molar-refractivity contribution is 0.414. The molecule has 0 aliphatic rings. The molecular weight excluding hydrogens is 281 g/mol. The second-order valence-electron chi connectivity index (χ2n) is 4.56. The number of rotatable bonds is 4. The zero-order valence-electron chi connectivity index (χ0n) is 11.4. The highest BCUT2D eigenvalue weighted by atomic mass is 35.5. The van der Waals surface area contributed by atoms with Crippen LogP contribution >= 0.6 is 11.6 Å². The lowest BCUT2D eigenvalue weighted by Crippen LogP contribution is -2.03. The quantitative estimate of drug-likeness (QED) is 0.861. The Hall–Kier alpha value is -1.88. The molecule has 6 heteroatoms. The van der Waals surface area contributed by atoms with Crippen LogP contribution in [0.1, 0.15) is 25.6 Å². The van der Waals surface area contributed by atoms with Gasteiger partial charge in [-0.2, -0.15) is 0 Å². The first-order valence-corrected chi connectivity index (χ1v) is 6.52. The van der Waals surface area contributed by atoms with Gasteiger partial charge in [0.25, 0.3) is 0 Å². The SMILES string of the molecule is COc1ccc(F)c(Nc2cc(Cl)nc(C(C)C)n2)c1. The molecule has 0 saturated heterocycles. The van der Waals surface area contributed by atoms with E-state index < -0.39 is 5.82 Å². The summed E-state index contributed by atoms with van der Waals surface area (Å²) in [6.07, 6.45) is 0. The Bertz CT molecular complexity index is 619. The van der Waals surface area contributed by atoms with E-state index in [-0.39, 0.29) is 11.6 Å². The van der Waals surface area contributed by atoms with Gasteiger partial charge in [-0.1, -0.05) is 25.4 Å². The number of aromatic nitrogens is 2. The molecule has 20 heavy (non-hydrogen) atoms. The zero-order valence-corrected chi connectivity index (χ0v) is 12.2. The summed E-state index contributed by atoms with van der Waals surface area (Å²) in [4.78, 5) is 8.44. The van der Waals surface area contributed by atoms with Crippen molar-refractivity contribution in [2.24, 2.45) is 0 Å². The van der Waals surface area contributed by atoms with Crippen LogP contribution in [0.4, 0.5) is 15.9 Å².